The first kappa shape index (κ1) is 16.6. The molecule has 1 aliphatic rings. The number of hydrogen-bond donors (Lipinski definition) is 1. The van der Waals surface area contributed by atoms with E-state index in [0.29, 0.717) is 12.0 Å². The van der Waals surface area contributed by atoms with Gasteiger partial charge in [0.15, 0.2) is 0 Å². The average Bonchev–Trinajstić information content (AvgIpc) is 2.48. The van der Waals surface area contributed by atoms with Crippen molar-refractivity contribution in [3.63, 3.8) is 0 Å². The lowest BCUT2D eigenvalue weighted by Gasteiger charge is -2.42. The van der Waals surface area contributed by atoms with Crippen LogP contribution in [0.3, 0.4) is 0 Å². The minimum Gasteiger partial charge on any atom is -0.369 e. The predicted octanol–water partition coefficient (Wildman–Crippen LogP) is 3.10. The first-order valence-corrected chi connectivity index (χ1v) is 8.45. The van der Waals surface area contributed by atoms with E-state index >= 15 is 0 Å². The van der Waals surface area contributed by atoms with Gasteiger partial charge in [-0.25, -0.2) is 0 Å². The van der Waals surface area contributed by atoms with Crippen molar-refractivity contribution < 1.29 is 0 Å². The average molecular weight is 310 g/mol. The third-order valence-corrected chi connectivity index (χ3v) is 4.56. The van der Waals surface area contributed by atoms with Crippen LogP contribution in [0.1, 0.15) is 20.8 Å². The summed E-state index contributed by atoms with van der Waals surface area (Å²) in [4.78, 5) is 5.07. The van der Waals surface area contributed by atoms with Gasteiger partial charge in [0.2, 0.25) is 0 Å². The van der Waals surface area contributed by atoms with Gasteiger partial charge in [-0.05, 0) is 30.7 Å². The highest BCUT2D eigenvalue weighted by molar-refractivity contribution is 6.30. The second kappa shape index (κ2) is 8.02. The molecule has 4 heteroatoms. The summed E-state index contributed by atoms with van der Waals surface area (Å²) in [7, 11) is 0. The summed E-state index contributed by atoms with van der Waals surface area (Å²) in [5, 5.41) is 4.33. The number of hydrogen-bond acceptors (Lipinski definition) is 3. The number of likely N-dealkylation sites (N-methyl/N-ethyl adjacent to an activating group) is 1. The van der Waals surface area contributed by atoms with Crippen molar-refractivity contribution in [1.29, 1.82) is 0 Å². The third kappa shape index (κ3) is 4.60. The molecular weight excluding hydrogens is 282 g/mol. The fraction of sp³-hybridized carbons (Fsp3) is 0.647. The van der Waals surface area contributed by atoms with Crippen LogP contribution in [-0.2, 0) is 0 Å². The van der Waals surface area contributed by atoms with E-state index in [4.69, 9.17) is 11.6 Å². The van der Waals surface area contributed by atoms with E-state index in [1.807, 2.05) is 12.1 Å². The summed E-state index contributed by atoms with van der Waals surface area (Å²) in [6.07, 6.45) is 0. The Morgan fingerprint density at radius 1 is 1.19 bits per heavy atom. The molecule has 0 saturated carbocycles. The fourth-order valence-electron chi connectivity index (χ4n) is 3.06. The van der Waals surface area contributed by atoms with Gasteiger partial charge in [0, 0.05) is 49.5 Å². The fourth-order valence-corrected chi connectivity index (χ4v) is 3.25. The van der Waals surface area contributed by atoms with E-state index in [0.717, 1.165) is 44.3 Å². The Morgan fingerprint density at radius 2 is 1.90 bits per heavy atom. The van der Waals surface area contributed by atoms with E-state index in [2.05, 4.69) is 48.0 Å². The molecule has 1 fully saturated rings. The minimum atomic E-state index is 0.631. The van der Waals surface area contributed by atoms with E-state index in [9.17, 15) is 0 Å². The first-order valence-electron chi connectivity index (χ1n) is 8.07. The highest BCUT2D eigenvalue weighted by Crippen LogP contribution is 2.22. The van der Waals surface area contributed by atoms with Crippen LogP contribution in [0.2, 0.25) is 5.02 Å². The van der Waals surface area contributed by atoms with Crippen molar-refractivity contribution >= 4 is 17.3 Å². The largest absolute Gasteiger partial charge is 0.369 e. The van der Waals surface area contributed by atoms with Crippen molar-refractivity contribution in [3.8, 4) is 0 Å². The van der Waals surface area contributed by atoms with E-state index in [1.165, 1.54) is 5.69 Å². The molecule has 1 atom stereocenters. The van der Waals surface area contributed by atoms with Crippen molar-refractivity contribution in [2.45, 2.75) is 26.8 Å². The molecule has 1 heterocycles. The molecule has 1 aromatic carbocycles. The number of nitrogens with zero attached hydrogens (tertiary/aromatic N) is 2. The monoisotopic (exact) mass is 309 g/mol. The second-order valence-corrected chi connectivity index (χ2v) is 6.56. The van der Waals surface area contributed by atoms with E-state index in [-0.39, 0.29) is 0 Å². The molecule has 0 spiro atoms. The highest BCUT2D eigenvalue weighted by Gasteiger charge is 2.25. The smallest absolute Gasteiger partial charge is 0.0426 e. The zero-order valence-corrected chi connectivity index (χ0v) is 14.2. The molecule has 21 heavy (non-hydrogen) atoms. The highest BCUT2D eigenvalue weighted by atomic mass is 35.5. The van der Waals surface area contributed by atoms with Crippen LogP contribution < -0.4 is 10.2 Å². The lowest BCUT2D eigenvalue weighted by Crippen LogP contribution is -2.54. The van der Waals surface area contributed by atoms with Crippen molar-refractivity contribution in [1.82, 2.24) is 10.2 Å². The van der Waals surface area contributed by atoms with Gasteiger partial charge in [-0.1, -0.05) is 38.4 Å². The molecule has 2 rings (SSSR count). The molecule has 1 aliphatic heterocycles. The van der Waals surface area contributed by atoms with Crippen LogP contribution in [0, 0.1) is 5.92 Å². The summed E-state index contributed by atoms with van der Waals surface area (Å²) in [5.74, 6) is 0.682. The molecule has 118 valence electrons. The maximum absolute atomic E-state index is 6.10. The van der Waals surface area contributed by atoms with E-state index < -0.39 is 0 Å². The predicted molar refractivity (Wildman–Crippen MR) is 92.4 cm³/mol. The van der Waals surface area contributed by atoms with Crippen LogP contribution in [0.25, 0.3) is 0 Å². The Balaban J connectivity index is 1.92. The quantitative estimate of drug-likeness (QED) is 0.871. The number of halogens is 1. The van der Waals surface area contributed by atoms with Crippen molar-refractivity contribution in [2.75, 3.05) is 44.2 Å². The van der Waals surface area contributed by atoms with Gasteiger partial charge in [0.25, 0.3) is 0 Å². The van der Waals surface area contributed by atoms with Gasteiger partial charge in [0.05, 0.1) is 0 Å². The molecule has 0 bridgehead atoms. The molecule has 0 aromatic heterocycles. The van der Waals surface area contributed by atoms with Crippen molar-refractivity contribution in [2.24, 2.45) is 5.92 Å². The SMILES string of the molecule is CCNCC(C(C)C)N1CCN(c2cccc(Cl)c2)CC1. The maximum atomic E-state index is 6.10. The zero-order valence-electron chi connectivity index (χ0n) is 13.5. The third-order valence-electron chi connectivity index (χ3n) is 4.33. The number of rotatable bonds is 6. The van der Waals surface area contributed by atoms with Crippen LogP contribution in [0.4, 0.5) is 5.69 Å². The molecule has 1 unspecified atom stereocenters. The lowest BCUT2D eigenvalue weighted by molar-refractivity contribution is 0.144. The van der Waals surface area contributed by atoms with Gasteiger partial charge in [-0.3, -0.25) is 4.90 Å². The molecule has 1 aromatic rings. The van der Waals surface area contributed by atoms with Gasteiger partial charge in [-0.2, -0.15) is 0 Å². The molecule has 3 nitrogen and oxygen atoms in total. The zero-order chi connectivity index (χ0) is 15.2. The van der Waals surface area contributed by atoms with Crippen LogP contribution >= 0.6 is 11.6 Å². The van der Waals surface area contributed by atoms with Gasteiger partial charge in [0.1, 0.15) is 0 Å². The lowest BCUT2D eigenvalue weighted by atomic mass is 10.0. The Bertz CT molecular complexity index is 428. The Labute approximate surface area is 134 Å². The molecule has 1 saturated heterocycles. The van der Waals surface area contributed by atoms with Crippen molar-refractivity contribution in [3.05, 3.63) is 29.3 Å². The molecule has 0 radical (unpaired) electrons. The van der Waals surface area contributed by atoms with Crippen LogP contribution in [0.15, 0.2) is 24.3 Å². The summed E-state index contributed by atoms with van der Waals surface area (Å²) in [5.41, 5.74) is 1.25. The Hall–Kier alpha value is -0.770. The number of anilines is 1. The summed E-state index contributed by atoms with van der Waals surface area (Å²) < 4.78 is 0. The van der Waals surface area contributed by atoms with Gasteiger partial charge >= 0.3 is 0 Å². The van der Waals surface area contributed by atoms with Gasteiger partial charge < -0.3 is 10.2 Å². The van der Waals surface area contributed by atoms with E-state index in [1.54, 1.807) is 0 Å². The van der Waals surface area contributed by atoms with Gasteiger partial charge in [-0.15, -0.1) is 0 Å². The molecule has 0 aliphatic carbocycles. The standard InChI is InChI=1S/C17H28ClN3/c1-4-19-13-17(14(2)3)21-10-8-20(9-11-21)16-7-5-6-15(18)12-16/h5-7,12,14,17,19H,4,8-11,13H2,1-3H3. The van der Waals surface area contributed by atoms with Crippen LogP contribution in [0.5, 0.6) is 0 Å². The minimum absolute atomic E-state index is 0.631. The number of benzene rings is 1. The Morgan fingerprint density at radius 3 is 2.48 bits per heavy atom. The summed E-state index contributed by atoms with van der Waals surface area (Å²) in [6, 6.07) is 8.82. The molecule has 1 N–H and O–H groups in total. The number of piperazine rings is 1. The maximum Gasteiger partial charge on any atom is 0.0426 e. The normalized spacial score (nSPS) is 18.2. The molecule has 0 amide bonds. The number of nitrogens with one attached hydrogen (secondary N) is 1. The topological polar surface area (TPSA) is 18.5 Å². The molecular formula is C17H28ClN3. The summed E-state index contributed by atoms with van der Waals surface area (Å²) >= 11 is 6.10. The Kier molecular flexibility index (Phi) is 6.34. The second-order valence-electron chi connectivity index (χ2n) is 6.12. The first-order chi connectivity index (χ1) is 10.1. The van der Waals surface area contributed by atoms with Crippen LogP contribution in [-0.4, -0.2) is 50.2 Å². The summed E-state index contributed by atoms with van der Waals surface area (Å²) in [6.45, 7) is 13.4.